The van der Waals surface area contributed by atoms with Gasteiger partial charge in [0.25, 0.3) is 0 Å². The van der Waals surface area contributed by atoms with Crippen LogP contribution in [0.4, 0.5) is 16.3 Å². The fraction of sp³-hybridized carbons (Fsp3) is 0.231. The van der Waals surface area contributed by atoms with E-state index in [4.69, 9.17) is 4.74 Å². The molecule has 1 saturated heterocycles. The normalized spacial score (nSPS) is 21.5. The Hall–Kier alpha value is -4.45. The summed E-state index contributed by atoms with van der Waals surface area (Å²) < 4.78 is 5.71. The van der Waals surface area contributed by atoms with E-state index >= 15 is 0 Å². The van der Waals surface area contributed by atoms with Crippen LogP contribution in [0, 0.1) is 0 Å². The Bertz CT molecular complexity index is 1420. The molecule has 0 spiro atoms. The minimum atomic E-state index is -0.596. The smallest absolute Gasteiger partial charge is 0.328 e. The average Bonchev–Trinajstić information content (AvgIpc) is 3.55. The summed E-state index contributed by atoms with van der Waals surface area (Å²) in [4.78, 5) is 54.7. The summed E-state index contributed by atoms with van der Waals surface area (Å²) in [6, 6.07) is 9.81. The van der Waals surface area contributed by atoms with Crippen LogP contribution in [0.5, 0.6) is 11.6 Å². The van der Waals surface area contributed by atoms with Gasteiger partial charge in [0.05, 0.1) is 24.1 Å². The maximum atomic E-state index is 13.3. The van der Waals surface area contributed by atoms with E-state index in [1.807, 2.05) is 30.3 Å². The zero-order valence-electron chi connectivity index (χ0n) is 20.1. The quantitative estimate of drug-likeness (QED) is 0.467. The molecule has 2 N–H and O–H groups in total. The van der Waals surface area contributed by atoms with Gasteiger partial charge in [0, 0.05) is 30.9 Å². The van der Waals surface area contributed by atoms with E-state index in [9.17, 15) is 14.4 Å². The molecule has 2 aromatic heterocycles. The Morgan fingerprint density at radius 3 is 2.76 bits per heavy atom. The average molecular weight is 530 g/mol. The summed E-state index contributed by atoms with van der Waals surface area (Å²) in [5, 5.41) is 6.07. The molecule has 0 radical (unpaired) electrons. The van der Waals surface area contributed by atoms with Gasteiger partial charge in [-0.2, -0.15) is 0 Å². The maximum Gasteiger partial charge on any atom is 0.328 e. The van der Waals surface area contributed by atoms with E-state index in [1.165, 1.54) is 35.1 Å². The van der Waals surface area contributed by atoms with Gasteiger partial charge in [-0.15, -0.1) is 0 Å². The number of anilines is 2. The van der Waals surface area contributed by atoms with E-state index in [2.05, 4.69) is 32.2 Å². The molecule has 3 aliphatic heterocycles. The second-order valence-electron chi connectivity index (χ2n) is 8.96. The molecular weight excluding hydrogens is 506 g/mol. The second-order valence-corrected chi connectivity index (χ2v) is 10.1. The van der Waals surface area contributed by atoms with Crippen molar-refractivity contribution >= 4 is 41.1 Å². The van der Waals surface area contributed by atoms with Gasteiger partial charge in [0.1, 0.15) is 16.0 Å². The standard InChI is InChI=1S/C26H23N7O4S/c1-2-20(34)32-11-9-15(14-32)30-24(35)23-22-21-17(8-10-27-25(21)38-23)33(26(36)31-22)18-12-29-19(13-28-18)37-16-6-4-3-5-7-16/h2-8,10,12-13,15,22-23H,1,9,11,14H2,(H,30,35)(H,31,36)/t15?,22?,23-/m1/s1. The third kappa shape index (κ3) is 4.32. The Morgan fingerprint density at radius 2 is 2.00 bits per heavy atom. The van der Waals surface area contributed by atoms with Crippen LogP contribution in [0.1, 0.15) is 18.0 Å². The zero-order valence-corrected chi connectivity index (χ0v) is 20.9. The number of carbonyl (C=O) groups excluding carboxylic acids is 3. The number of carbonyl (C=O) groups is 3. The number of nitrogens with one attached hydrogen (secondary N) is 2. The highest BCUT2D eigenvalue weighted by atomic mass is 32.2. The van der Waals surface area contributed by atoms with Crippen LogP contribution in [0.2, 0.25) is 0 Å². The van der Waals surface area contributed by atoms with Gasteiger partial charge in [0.2, 0.25) is 17.7 Å². The lowest BCUT2D eigenvalue weighted by Crippen LogP contribution is -2.50. The molecule has 1 fully saturated rings. The molecular formula is C26H23N7O4S. The number of amides is 4. The Morgan fingerprint density at radius 1 is 1.16 bits per heavy atom. The highest BCUT2D eigenvalue weighted by molar-refractivity contribution is 8.01. The van der Waals surface area contributed by atoms with Crippen LogP contribution in [0.25, 0.3) is 0 Å². The molecule has 4 amide bonds. The summed E-state index contributed by atoms with van der Waals surface area (Å²) in [7, 11) is 0. The first-order valence-corrected chi connectivity index (χ1v) is 12.9. The van der Waals surface area contributed by atoms with Crippen LogP contribution in [-0.2, 0) is 9.59 Å². The first kappa shape index (κ1) is 23.9. The number of nitrogens with zero attached hydrogens (tertiary/aromatic N) is 5. The highest BCUT2D eigenvalue weighted by Crippen LogP contribution is 2.50. The summed E-state index contributed by atoms with van der Waals surface area (Å²) in [5.74, 6) is 0.866. The van der Waals surface area contributed by atoms with Gasteiger partial charge in [-0.05, 0) is 30.7 Å². The number of likely N-dealkylation sites (tertiary alicyclic amines) is 1. The van der Waals surface area contributed by atoms with Crippen LogP contribution in [0.3, 0.4) is 0 Å². The molecule has 0 saturated carbocycles. The molecule has 38 heavy (non-hydrogen) atoms. The number of para-hydroxylation sites is 1. The number of ether oxygens (including phenoxy) is 1. The minimum absolute atomic E-state index is 0.152. The molecule has 11 nitrogen and oxygen atoms in total. The summed E-state index contributed by atoms with van der Waals surface area (Å²) in [6.45, 7) is 4.51. The number of thioether (sulfide) groups is 1. The predicted octanol–water partition coefficient (Wildman–Crippen LogP) is 2.94. The molecule has 3 aliphatic rings. The zero-order chi connectivity index (χ0) is 26.2. The number of urea groups is 1. The van der Waals surface area contributed by atoms with Gasteiger partial charge >= 0.3 is 6.03 Å². The lowest BCUT2D eigenvalue weighted by molar-refractivity contribution is -0.126. The monoisotopic (exact) mass is 529 g/mol. The maximum absolute atomic E-state index is 13.3. The van der Waals surface area contributed by atoms with E-state index in [0.29, 0.717) is 47.7 Å². The van der Waals surface area contributed by atoms with Crippen molar-refractivity contribution in [2.24, 2.45) is 0 Å². The molecule has 192 valence electrons. The van der Waals surface area contributed by atoms with Crippen molar-refractivity contribution in [2.75, 3.05) is 18.0 Å². The van der Waals surface area contributed by atoms with Crippen LogP contribution in [-0.4, -0.2) is 62.1 Å². The molecule has 0 bridgehead atoms. The molecule has 6 rings (SSSR count). The number of pyridine rings is 1. The van der Waals surface area contributed by atoms with Crippen molar-refractivity contribution < 1.29 is 19.1 Å². The van der Waals surface area contributed by atoms with E-state index < -0.39 is 17.3 Å². The SMILES string of the molecule is C=CC(=O)N1CCC(NC(=O)[C@@H]2Sc3nccc4c3C2NC(=O)N4c2cnc(Oc3ccccc3)cn2)C1. The van der Waals surface area contributed by atoms with Gasteiger partial charge in [0.15, 0.2) is 5.82 Å². The molecule has 3 atom stereocenters. The van der Waals surface area contributed by atoms with Crippen molar-refractivity contribution in [3.8, 4) is 11.6 Å². The van der Waals surface area contributed by atoms with Crippen LogP contribution in [0.15, 0.2) is 72.7 Å². The third-order valence-electron chi connectivity index (χ3n) is 6.59. The Kier molecular flexibility index (Phi) is 6.16. The number of rotatable bonds is 6. The van der Waals surface area contributed by atoms with Crippen LogP contribution >= 0.6 is 11.8 Å². The minimum Gasteiger partial charge on any atom is -0.438 e. The molecule has 1 aromatic carbocycles. The van der Waals surface area contributed by atoms with Crippen molar-refractivity contribution in [1.29, 1.82) is 0 Å². The second kappa shape index (κ2) is 9.78. The topological polar surface area (TPSA) is 130 Å². The van der Waals surface area contributed by atoms with Crippen molar-refractivity contribution in [3.63, 3.8) is 0 Å². The van der Waals surface area contributed by atoms with Crippen LogP contribution < -0.4 is 20.3 Å². The number of hydrogen-bond acceptors (Lipinski definition) is 8. The van der Waals surface area contributed by atoms with Gasteiger partial charge < -0.3 is 20.3 Å². The van der Waals surface area contributed by atoms with Gasteiger partial charge in [-0.25, -0.2) is 24.6 Å². The largest absolute Gasteiger partial charge is 0.438 e. The highest BCUT2D eigenvalue weighted by Gasteiger charge is 2.47. The molecule has 2 unspecified atom stereocenters. The lowest BCUT2D eigenvalue weighted by Gasteiger charge is -2.33. The number of benzene rings is 1. The molecule has 12 heteroatoms. The van der Waals surface area contributed by atoms with Crippen molar-refractivity contribution in [2.45, 2.75) is 28.8 Å². The van der Waals surface area contributed by atoms with E-state index in [1.54, 1.807) is 17.2 Å². The Balaban J connectivity index is 1.20. The fourth-order valence-corrected chi connectivity index (χ4v) is 6.07. The number of aromatic nitrogens is 3. The summed E-state index contributed by atoms with van der Waals surface area (Å²) in [5.41, 5.74) is 1.36. The number of hydrogen-bond donors (Lipinski definition) is 2. The molecule has 5 heterocycles. The molecule has 3 aromatic rings. The summed E-state index contributed by atoms with van der Waals surface area (Å²) >= 11 is 1.31. The van der Waals surface area contributed by atoms with Gasteiger partial charge in [-0.1, -0.05) is 36.5 Å². The predicted molar refractivity (Wildman–Crippen MR) is 139 cm³/mol. The first-order valence-electron chi connectivity index (χ1n) is 12.0. The first-order chi connectivity index (χ1) is 18.5. The summed E-state index contributed by atoms with van der Waals surface area (Å²) in [6.07, 6.45) is 6.47. The van der Waals surface area contributed by atoms with E-state index in [-0.39, 0.29) is 17.9 Å². The van der Waals surface area contributed by atoms with Crippen molar-refractivity contribution in [1.82, 2.24) is 30.5 Å². The fourth-order valence-electron chi connectivity index (χ4n) is 4.83. The van der Waals surface area contributed by atoms with Crippen molar-refractivity contribution in [3.05, 3.63) is 73.2 Å². The third-order valence-corrected chi connectivity index (χ3v) is 7.88. The lowest BCUT2D eigenvalue weighted by atomic mass is 10.00. The van der Waals surface area contributed by atoms with Gasteiger partial charge in [-0.3, -0.25) is 9.59 Å². The van der Waals surface area contributed by atoms with E-state index in [0.717, 1.165) is 5.56 Å². The Labute approximate surface area is 222 Å². The molecule has 0 aliphatic carbocycles.